The van der Waals surface area contributed by atoms with E-state index in [1.54, 1.807) is 12.1 Å². The van der Waals surface area contributed by atoms with Gasteiger partial charge in [0.05, 0.1) is 5.69 Å². The molecule has 1 unspecified atom stereocenters. The van der Waals surface area contributed by atoms with Crippen LogP contribution in [0.15, 0.2) is 41.4 Å². The molecular formula is C21H28N4O5S2. The summed E-state index contributed by atoms with van der Waals surface area (Å²) in [7, 11) is -6.39. The van der Waals surface area contributed by atoms with Crippen molar-refractivity contribution in [3.63, 3.8) is 0 Å². The topological polar surface area (TPSA) is 109 Å². The number of nitrogens with zero attached hydrogens (tertiary/aromatic N) is 3. The summed E-state index contributed by atoms with van der Waals surface area (Å²) in [5, 5.41) is 0. The molecule has 0 bridgehead atoms. The predicted molar refractivity (Wildman–Crippen MR) is 121 cm³/mol. The largest absolute Gasteiger partial charge is 0.345 e. The van der Waals surface area contributed by atoms with E-state index in [0.29, 0.717) is 25.2 Å². The summed E-state index contributed by atoms with van der Waals surface area (Å²) in [4.78, 5) is 12.8. The second-order valence-electron chi connectivity index (χ2n) is 8.52. The van der Waals surface area contributed by atoms with Crippen LogP contribution < -0.4 is 9.03 Å². The van der Waals surface area contributed by atoms with Crippen LogP contribution in [0.2, 0.25) is 0 Å². The van der Waals surface area contributed by atoms with E-state index in [9.17, 15) is 21.6 Å². The molecule has 0 saturated carbocycles. The number of para-hydroxylation sites is 1. The smallest absolute Gasteiger partial charge is 0.326 e. The first-order valence-corrected chi connectivity index (χ1v) is 13.6. The first-order valence-electron chi connectivity index (χ1n) is 10.7. The number of aryl methyl sites for hydroxylation is 2. The van der Waals surface area contributed by atoms with Gasteiger partial charge in [-0.1, -0.05) is 25.1 Å². The first kappa shape index (κ1) is 22.8. The highest BCUT2D eigenvalue weighted by Crippen LogP contribution is 2.29. The Labute approximate surface area is 189 Å². The minimum absolute atomic E-state index is 0.0139. The Morgan fingerprint density at radius 1 is 1.09 bits per heavy atom. The van der Waals surface area contributed by atoms with Gasteiger partial charge >= 0.3 is 10.2 Å². The van der Waals surface area contributed by atoms with Crippen molar-refractivity contribution in [1.29, 1.82) is 0 Å². The maximum absolute atomic E-state index is 13.0. The molecule has 2 aliphatic heterocycles. The van der Waals surface area contributed by atoms with Crippen LogP contribution in [0, 0.1) is 5.92 Å². The van der Waals surface area contributed by atoms with Crippen molar-refractivity contribution >= 4 is 31.8 Å². The van der Waals surface area contributed by atoms with Crippen molar-refractivity contribution in [2.45, 2.75) is 37.5 Å². The average molecular weight is 481 g/mol. The summed E-state index contributed by atoms with van der Waals surface area (Å²) in [6, 6.07) is 8.43. The van der Waals surface area contributed by atoms with E-state index in [2.05, 4.69) is 4.72 Å². The van der Waals surface area contributed by atoms with Crippen LogP contribution in [0.5, 0.6) is 0 Å². The molecule has 1 saturated heterocycles. The number of aromatic nitrogens is 1. The van der Waals surface area contributed by atoms with Gasteiger partial charge in [-0.15, -0.1) is 0 Å². The Balaban J connectivity index is 1.57. The lowest BCUT2D eigenvalue weighted by Gasteiger charge is -2.30. The highest BCUT2D eigenvalue weighted by atomic mass is 32.2. The average Bonchev–Trinajstić information content (AvgIpc) is 3.15. The van der Waals surface area contributed by atoms with Crippen LogP contribution in [-0.2, 0) is 33.7 Å². The minimum atomic E-state index is -4.15. The number of benzene rings is 1. The molecule has 174 valence electrons. The Morgan fingerprint density at radius 3 is 2.59 bits per heavy atom. The number of hydrogen-bond donors (Lipinski definition) is 1. The number of rotatable bonds is 5. The van der Waals surface area contributed by atoms with Crippen molar-refractivity contribution in [2.24, 2.45) is 13.0 Å². The van der Waals surface area contributed by atoms with Crippen molar-refractivity contribution in [3.8, 4) is 0 Å². The zero-order valence-electron chi connectivity index (χ0n) is 18.2. The van der Waals surface area contributed by atoms with Crippen molar-refractivity contribution in [3.05, 3.63) is 47.8 Å². The summed E-state index contributed by atoms with van der Waals surface area (Å²) in [6.45, 7) is 3.14. The highest BCUT2D eigenvalue weighted by Gasteiger charge is 2.33. The lowest BCUT2D eigenvalue weighted by Crippen LogP contribution is -2.46. The molecular weight excluding hydrogens is 452 g/mol. The fourth-order valence-electron chi connectivity index (χ4n) is 4.39. The van der Waals surface area contributed by atoms with Gasteiger partial charge < -0.3 is 4.57 Å². The minimum Gasteiger partial charge on any atom is -0.345 e. The number of piperidine rings is 1. The molecule has 1 atom stereocenters. The second kappa shape index (κ2) is 8.53. The summed E-state index contributed by atoms with van der Waals surface area (Å²) in [5.74, 6) is -0.605. The van der Waals surface area contributed by atoms with Gasteiger partial charge in [0.15, 0.2) is 0 Å². The third-order valence-corrected chi connectivity index (χ3v) is 9.28. The van der Waals surface area contributed by atoms with E-state index in [-0.39, 0.29) is 23.1 Å². The van der Waals surface area contributed by atoms with Gasteiger partial charge in [-0.05, 0) is 49.3 Å². The number of hydrogen-bond acceptors (Lipinski definition) is 5. The lowest BCUT2D eigenvalue weighted by molar-refractivity contribution is 0.0973. The van der Waals surface area contributed by atoms with E-state index < -0.39 is 26.1 Å². The number of nitrogens with one attached hydrogen (secondary N) is 1. The van der Waals surface area contributed by atoms with Crippen LogP contribution in [0.1, 0.15) is 42.2 Å². The first-order chi connectivity index (χ1) is 15.1. The van der Waals surface area contributed by atoms with E-state index in [4.69, 9.17) is 0 Å². The van der Waals surface area contributed by atoms with E-state index >= 15 is 0 Å². The molecule has 1 N–H and O–H groups in total. The SMILES string of the molecule is CC1CCCN(S(=O)(=O)c2cc(C(=O)NS(=O)(=O)N3CCCc4ccccc43)n(C)c2)C1. The van der Waals surface area contributed by atoms with Gasteiger partial charge in [-0.2, -0.15) is 12.7 Å². The predicted octanol–water partition coefficient (Wildman–Crippen LogP) is 1.87. The molecule has 1 fully saturated rings. The summed E-state index contributed by atoms with van der Waals surface area (Å²) < 4.78 is 58.1. The Bertz CT molecular complexity index is 1240. The van der Waals surface area contributed by atoms with Gasteiger partial charge in [0, 0.05) is 32.9 Å². The van der Waals surface area contributed by atoms with E-state index in [0.717, 1.165) is 24.8 Å². The molecule has 2 aliphatic rings. The maximum Gasteiger partial charge on any atom is 0.326 e. The van der Waals surface area contributed by atoms with Crippen LogP contribution in [0.4, 0.5) is 5.69 Å². The molecule has 32 heavy (non-hydrogen) atoms. The highest BCUT2D eigenvalue weighted by molar-refractivity contribution is 7.91. The summed E-state index contributed by atoms with van der Waals surface area (Å²) in [5.41, 5.74) is 1.41. The second-order valence-corrected chi connectivity index (χ2v) is 12.1. The van der Waals surface area contributed by atoms with Gasteiger partial charge in [-0.3, -0.25) is 9.10 Å². The molecule has 2 aromatic rings. The molecule has 0 radical (unpaired) electrons. The van der Waals surface area contributed by atoms with Crippen LogP contribution in [0.3, 0.4) is 0 Å². The number of sulfonamides is 1. The lowest BCUT2D eigenvalue weighted by atomic mass is 10.0. The third kappa shape index (κ3) is 4.28. The molecule has 3 heterocycles. The molecule has 1 amide bonds. The Hall–Kier alpha value is -2.37. The number of anilines is 1. The van der Waals surface area contributed by atoms with Crippen molar-refractivity contribution in [1.82, 2.24) is 13.6 Å². The van der Waals surface area contributed by atoms with Gasteiger partial charge in [0.2, 0.25) is 10.0 Å². The van der Waals surface area contributed by atoms with Crippen LogP contribution >= 0.6 is 0 Å². The summed E-state index contributed by atoms with van der Waals surface area (Å²) >= 11 is 0. The van der Waals surface area contributed by atoms with Crippen molar-refractivity contribution in [2.75, 3.05) is 23.9 Å². The van der Waals surface area contributed by atoms with Gasteiger partial charge in [0.25, 0.3) is 5.91 Å². The van der Waals surface area contributed by atoms with E-state index in [1.807, 2.05) is 19.1 Å². The Morgan fingerprint density at radius 2 is 1.84 bits per heavy atom. The zero-order valence-corrected chi connectivity index (χ0v) is 19.8. The molecule has 4 rings (SSSR count). The van der Waals surface area contributed by atoms with Gasteiger partial charge in [0.1, 0.15) is 10.6 Å². The number of carbonyl (C=O) groups is 1. The summed E-state index contributed by atoms with van der Waals surface area (Å²) in [6.07, 6.45) is 4.53. The monoisotopic (exact) mass is 480 g/mol. The molecule has 0 aliphatic carbocycles. The fourth-order valence-corrected chi connectivity index (χ4v) is 7.31. The quantitative estimate of drug-likeness (QED) is 0.703. The Kier molecular flexibility index (Phi) is 6.08. The molecule has 11 heteroatoms. The number of fused-ring (bicyclic) bond motifs is 1. The van der Waals surface area contributed by atoms with E-state index in [1.165, 1.54) is 32.5 Å². The third-order valence-electron chi connectivity index (χ3n) is 6.05. The van der Waals surface area contributed by atoms with Crippen LogP contribution in [0.25, 0.3) is 0 Å². The van der Waals surface area contributed by atoms with Gasteiger partial charge in [-0.25, -0.2) is 13.1 Å². The molecule has 1 aromatic heterocycles. The molecule has 1 aromatic carbocycles. The number of amides is 1. The molecule has 0 spiro atoms. The zero-order chi connectivity index (χ0) is 23.1. The fraction of sp³-hybridized carbons (Fsp3) is 0.476. The standard InChI is InChI=1S/C21H28N4O5S2/c1-16-7-5-11-24(14-16)31(27,28)18-13-20(23(2)15-18)21(26)22-32(29,30)25-12-6-9-17-8-3-4-10-19(17)25/h3-4,8,10,13,15-16H,5-7,9,11-12,14H2,1-2H3,(H,22,26). The number of carbonyl (C=O) groups excluding carboxylic acids is 1. The molecule has 9 nitrogen and oxygen atoms in total. The van der Waals surface area contributed by atoms with Crippen LogP contribution in [-0.4, -0.2) is 51.2 Å². The maximum atomic E-state index is 13.0. The normalized spacial score (nSPS) is 20.1. The van der Waals surface area contributed by atoms with Crippen molar-refractivity contribution < 1.29 is 21.6 Å².